The normalized spacial score (nSPS) is 25.2. The molecule has 0 aromatic heterocycles. The van der Waals surface area contributed by atoms with Crippen LogP contribution in [0.25, 0.3) is 5.70 Å². The number of carbonyl (C=O) groups is 1. The number of carbonyl (C=O) groups excluding carboxylic acids is 1. The molecule has 0 saturated carbocycles. The Morgan fingerprint density at radius 2 is 1.70 bits per heavy atom. The van der Waals surface area contributed by atoms with Gasteiger partial charge in [-0.05, 0) is 55.2 Å². The first-order valence-electron chi connectivity index (χ1n) is 14.2. The fourth-order valence-corrected chi connectivity index (χ4v) is 5.96. The van der Waals surface area contributed by atoms with Gasteiger partial charge in [0, 0.05) is 43.6 Å². The summed E-state index contributed by atoms with van der Waals surface area (Å²) in [5.41, 5.74) is 4.30. The molecule has 8 nitrogen and oxygen atoms in total. The summed E-state index contributed by atoms with van der Waals surface area (Å²) in [5, 5.41) is 20.2. The van der Waals surface area contributed by atoms with Crippen molar-refractivity contribution >= 4 is 11.6 Å². The number of hydrogen-bond acceptors (Lipinski definition) is 6. The maximum atomic E-state index is 14.5. The second-order valence-corrected chi connectivity index (χ2v) is 11.3. The zero-order chi connectivity index (χ0) is 31.8. The summed E-state index contributed by atoms with van der Waals surface area (Å²) in [4.78, 5) is 13.7. The molecule has 1 saturated heterocycles. The highest BCUT2D eigenvalue weighted by atomic mass is 19.4. The number of nitrogens with two attached hydrogens (primary N) is 1. The van der Waals surface area contributed by atoms with E-state index in [2.05, 4.69) is 10.6 Å². The van der Waals surface area contributed by atoms with Gasteiger partial charge in [0.05, 0.1) is 23.4 Å². The summed E-state index contributed by atoms with van der Waals surface area (Å²) in [6, 6.07) is 7.35. The number of hydroxylamine groups is 2. The van der Waals surface area contributed by atoms with Crippen LogP contribution in [0.4, 0.5) is 26.3 Å². The predicted molar refractivity (Wildman–Crippen MR) is 149 cm³/mol. The van der Waals surface area contributed by atoms with Crippen molar-refractivity contribution in [3.05, 3.63) is 93.0 Å². The molecule has 5 rings (SSSR count). The summed E-state index contributed by atoms with van der Waals surface area (Å²) in [7, 11) is 0. The monoisotopic (exact) mass is 625 g/mol. The Balaban J connectivity index is 1.60. The Morgan fingerprint density at radius 3 is 2.30 bits per heavy atom. The number of aryl methyl sites for hydroxylation is 1. The smallest absolute Gasteiger partial charge is 0.416 e. The Kier molecular flexibility index (Phi) is 8.99. The molecule has 3 atom stereocenters. The predicted octanol–water partition coefficient (Wildman–Crippen LogP) is 3.28. The summed E-state index contributed by atoms with van der Waals surface area (Å²) < 4.78 is 88.5. The van der Waals surface area contributed by atoms with Crippen LogP contribution >= 0.6 is 0 Å². The minimum Gasteiger partial charge on any atom is -0.628 e. The summed E-state index contributed by atoms with van der Waals surface area (Å²) >= 11 is 0. The van der Waals surface area contributed by atoms with Gasteiger partial charge < -0.3 is 26.1 Å². The van der Waals surface area contributed by atoms with Crippen LogP contribution in [0.3, 0.4) is 0 Å². The first-order valence-corrected chi connectivity index (χ1v) is 14.2. The van der Waals surface area contributed by atoms with E-state index in [1.54, 1.807) is 24.3 Å². The van der Waals surface area contributed by atoms with Gasteiger partial charge in [0.1, 0.15) is 11.7 Å². The molecule has 238 valence electrons. The van der Waals surface area contributed by atoms with E-state index in [1.807, 2.05) is 17.9 Å². The quantitative estimate of drug-likeness (QED) is 0.300. The molecule has 0 radical (unpaired) electrons. The van der Waals surface area contributed by atoms with Crippen LogP contribution in [0, 0.1) is 18.0 Å². The molecule has 3 aliphatic rings. The lowest BCUT2D eigenvalue weighted by Gasteiger charge is -2.42. The number of rotatable bonds is 5. The zero-order valence-electron chi connectivity index (χ0n) is 23.8. The van der Waals surface area contributed by atoms with Crippen LogP contribution in [0.5, 0.6) is 0 Å². The van der Waals surface area contributed by atoms with Gasteiger partial charge in [-0.15, -0.1) is 0 Å². The fourth-order valence-electron chi connectivity index (χ4n) is 5.96. The molecule has 14 heteroatoms. The first kappa shape index (κ1) is 31.8. The van der Waals surface area contributed by atoms with E-state index in [1.165, 1.54) is 0 Å². The Hall–Kier alpha value is -3.59. The molecule has 1 amide bonds. The lowest BCUT2D eigenvalue weighted by molar-refractivity contribution is -0.793. The van der Waals surface area contributed by atoms with Crippen molar-refractivity contribution < 1.29 is 40.9 Å². The summed E-state index contributed by atoms with van der Waals surface area (Å²) in [5.74, 6) is -0.426. The van der Waals surface area contributed by atoms with E-state index in [-0.39, 0.29) is 48.2 Å². The van der Waals surface area contributed by atoms with Crippen molar-refractivity contribution in [2.75, 3.05) is 26.3 Å². The second kappa shape index (κ2) is 12.4. The number of nitrogens with zero attached hydrogens (tertiary/aromatic N) is 1. The fraction of sp³-hybridized carbons (Fsp3) is 0.433. The van der Waals surface area contributed by atoms with E-state index in [0.717, 1.165) is 5.56 Å². The maximum Gasteiger partial charge on any atom is 0.416 e. The number of primary amides is 1. The van der Waals surface area contributed by atoms with Crippen LogP contribution in [0.2, 0.25) is 0 Å². The van der Waals surface area contributed by atoms with Gasteiger partial charge in [-0.1, -0.05) is 18.2 Å². The number of hydrogen-bond donors (Lipinski definition) is 4. The first-order chi connectivity index (χ1) is 20.7. The van der Waals surface area contributed by atoms with E-state index in [4.69, 9.17) is 10.5 Å². The van der Waals surface area contributed by atoms with Crippen molar-refractivity contribution in [2.24, 2.45) is 11.7 Å². The van der Waals surface area contributed by atoms with Crippen LogP contribution in [0.1, 0.15) is 40.7 Å². The van der Waals surface area contributed by atoms with Crippen molar-refractivity contribution in [1.82, 2.24) is 15.5 Å². The van der Waals surface area contributed by atoms with E-state index < -0.39 is 47.2 Å². The molecule has 0 bridgehead atoms. The molecular weight excluding hydrogens is 592 g/mol. The topological polar surface area (TPSA) is 107 Å². The Morgan fingerprint density at radius 1 is 1.07 bits per heavy atom. The lowest BCUT2D eigenvalue weighted by atomic mass is 9.92. The van der Waals surface area contributed by atoms with Gasteiger partial charge in [0.2, 0.25) is 5.91 Å². The number of nitrogens with one attached hydrogen (secondary N) is 3. The van der Waals surface area contributed by atoms with Gasteiger partial charge in [0.25, 0.3) is 0 Å². The zero-order valence-corrected chi connectivity index (χ0v) is 23.8. The number of quaternary nitrogens is 1. The molecule has 5 N–H and O–H groups in total. The van der Waals surface area contributed by atoms with Crippen LogP contribution in [-0.4, -0.2) is 49.4 Å². The van der Waals surface area contributed by atoms with Gasteiger partial charge in [-0.2, -0.15) is 26.3 Å². The van der Waals surface area contributed by atoms with E-state index >= 15 is 0 Å². The van der Waals surface area contributed by atoms with Crippen LogP contribution < -0.4 is 21.4 Å². The molecule has 2 aromatic carbocycles. The third-order valence-electron chi connectivity index (χ3n) is 8.35. The van der Waals surface area contributed by atoms with E-state index in [9.17, 15) is 36.3 Å². The second-order valence-electron chi connectivity index (χ2n) is 11.3. The Bertz CT molecular complexity index is 1420. The summed E-state index contributed by atoms with van der Waals surface area (Å²) in [6.07, 6.45) is -8.56. The summed E-state index contributed by atoms with van der Waals surface area (Å²) in [6.45, 7) is 3.12. The van der Waals surface area contributed by atoms with Crippen LogP contribution in [-0.2, 0) is 28.3 Å². The third-order valence-corrected chi connectivity index (χ3v) is 8.35. The van der Waals surface area contributed by atoms with Crippen molar-refractivity contribution in [3.8, 4) is 0 Å². The molecular formula is C30H33F6N5O3. The van der Waals surface area contributed by atoms with Crippen molar-refractivity contribution in [3.63, 3.8) is 0 Å². The molecule has 44 heavy (non-hydrogen) atoms. The average Bonchev–Trinajstić information content (AvgIpc) is 2.97. The number of amides is 1. The number of likely N-dealkylation sites (tertiary alicyclic amines) is 1. The number of benzene rings is 2. The van der Waals surface area contributed by atoms with Gasteiger partial charge in [-0.3, -0.25) is 15.0 Å². The largest absolute Gasteiger partial charge is 0.628 e. The highest BCUT2D eigenvalue weighted by Crippen LogP contribution is 2.37. The molecule has 3 heterocycles. The number of ether oxygens (including phenoxy) is 1. The highest BCUT2D eigenvalue weighted by Gasteiger charge is 2.40. The standard InChI is InChI=1S/C30H33F6N5O3/c1-17-4-2-3-5-22(17)25-14-26(40-8-6-19(7-9-40)27(37)42)44-28-23(15-38-16-39-28)24(41(25)43)12-18-10-20(29(31,32)33)13-21(11-18)30(34,35)36/h2-5,10-11,13-14,19,24,26,38-39,41H,6-9,12,15-16H2,1H3,(H2,37,42)/b25-14-. The molecule has 3 aliphatic heterocycles. The van der Waals surface area contributed by atoms with Gasteiger partial charge in [-0.25, -0.2) is 0 Å². The highest BCUT2D eigenvalue weighted by molar-refractivity contribution is 5.76. The third kappa shape index (κ3) is 6.88. The number of piperidine rings is 1. The van der Waals surface area contributed by atoms with Gasteiger partial charge in [0.15, 0.2) is 12.1 Å². The molecule has 0 spiro atoms. The molecule has 1 fully saturated rings. The van der Waals surface area contributed by atoms with Crippen molar-refractivity contribution in [1.29, 1.82) is 0 Å². The number of alkyl halides is 6. The van der Waals surface area contributed by atoms with Crippen LogP contribution in [0.15, 0.2) is 60.0 Å². The molecule has 0 aliphatic carbocycles. The average molecular weight is 626 g/mol. The van der Waals surface area contributed by atoms with E-state index in [0.29, 0.717) is 49.2 Å². The minimum atomic E-state index is -5.02. The minimum absolute atomic E-state index is 0.0750. The van der Waals surface area contributed by atoms with Gasteiger partial charge >= 0.3 is 12.4 Å². The molecule has 2 aromatic rings. The Labute approximate surface area is 250 Å². The lowest BCUT2D eigenvalue weighted by Crippen LogP contribution is -3.09. The maximum absolute atomic E-state index is 14.5. The molecule has 3 unspecified atom stereocenters. The van der Waals surface area contributed by atoms with Crippen molar-refractivity contribution in [2.45, 2.75) is 50.8 Å². The number of halogens is 6. The SMILES string of the molecule is Cc1ccccc1/C1=C/C(N2CCC(C(N)=O)CC2)OC2=C(CNCN2)C(Cc2cc(C(F)(F)F)cc(C(F)(F)F)c2)[NH+]1[O-].